The molecule has 46 heavy (non-hydrogen) atoms. The van der Waals surface area contributed by atoms with Crippen molar-refractivity contribution >= 4 is 51.4 Å². The second kappa shape index (κ2) is 12.4. The van der Waals surface area contributed by atoms with Crippen molar-refractivity contribution in [2.45, 2.75) is 26.8 Å². The topological polar surface area (TPSA) is 120 Å². The van der Waals surface area contributed by atoms with Gasteiger partial charge in [-0.3, -0.25) is 24.3 Å². The van der Waals surface area contributed by atoms with Gasteiger partial charge in [-0.1, -0.05) is 53.3 Å². The number of likely N-dealkylation sites (N-methyl/N-ethyl adjacent to an activating group) is 1. The normalized spacial score (nSPS) is 14.7. The number of allylic oxidation sites excluding steroid dienone is 1. The summed E-state index contributed by atoms with van der Waals surface area (Å²) in [5.74, 6) is 0.904. The Morgan fingerprint density at radius 3 is 2.63 bits per heavy atom. The molecular weight excluding hydrogens is 628 g/mol. The van der Waals surface area contributed by atoms with Gasteiger partial charge in [0.25, 0.3) is 17.2 Å². The van der Waals surface area contributed by atoms with Gasteiger partial charge in [-0.25, -0.2) is 4.99 Å². The average molecular weight is 657 g/mol. The first-order chi connectivity index (χ1) is 22.2. The number of benzene rings is 3. The molecule has 0 N–H and O–H groups in total. The van der Waals surface area contributed by atoms with E-state index >= 15 is 0 Å². The van der Waals surface area contributed by atoms with Crippen molar-refractivity contribution < 1.29 is 18.9 Å². The molecule has 1 aliphatic heterocycles. The molecule has 0 saturated carbocycles. The summed E-state index contributed by atoms with van der Waals surface area (Å²) < 4.78 is 13.7. The highest BCUT2D eigenvalue weighted by Gasteiger charge is 2.36. The molecule has 12 heteroatoms. The van der Waals surface area contributed by atoms with Crippen LogP contribution in [0, 0.1) is 10.1 Å². The number of halogens is 1. The third kappa shape index (κ3) is 5.31. The van der Waals surface area contributed by atoms with E-state index in [9.17, 15) is 19.7 Å². The highest BCUT2D eigenvalue weighted by molar-refractivity contribution is 7.07. The summed E-state index contributed by atoms with van der Waals surface area (Å²) in [6, 6.07) is 18.3. The van der Waals surface area contributed by atoms with Crippen LogP contribution < -0.4 is 19.6 Å². The summed E-state index contributed by atoms with van der Waals surface area (Å²) in [5, 5.41) is 13.7. The Bertz CT molecular complexity index is 2250. The molecule has 0 aliphatic carbocycles. The first-order valence-electron chi connectivity index (χ1n) is 14.6. The van der Waals surface area contributed by atoms with Gasteiger partial charge in [0, 0.05) is 35.8 Å². The van der Waals surface area contributed by atoms with Gasteiger partial charge in [0.1, 0.15) is 23.3 Å². The number of furan rings is 1. The largest absolute Gasteiger partial charge is 0.496 e. The summed E-state index contributed by atoms with van der Waals surface area (Å²) in [4.78, 5) is 46.5. The summed E-state index contributed by atoms with van der Waals surface area (Å²) in [7, 11) is 1.57. The SMILES string of the molecule is CCN(CC)C(=O)C1=C(C)N=c2s/c(=C/c3ccc(-c4ccc(Cl)cc4[N+](=O)[O-])o3)c(=O)n2[C@H]1c1c(OC)ccc2ccccc12. The fraction of sp³-hybridized carbons (Fsp3) is 0.206. The van der Waals surface area contributed by atoms with Gasteiger partial charge >= 0.3 is 0 Å². The number of carbonyl (C=O) groups excluding carboxylic acids is 1. The number of hydrogen-bond donors (Lipinski definition) is 0. The van der Waals surface area contributed by atoms with Crippen molar-refractivity contribution in [1.29, 1.82) is 0 Å². The van der Waals surface area contributed by atoms with Gasteiger partial charge in [-0.15, -0.1) is 0 Å². The van der Waals surface area contributed by atoms with Gasteiger partial charge in [-0.2, -0.15) is 0 Å². The van der Waals surface area contributed by atoms with Crippen LogP contribution in [0.4, 0.5) is 5.69 Å². The van der Waals surface area contributed by atoms with E-state index in [1.807, 2.05) is 50.2 Å². The summed E-state index contributed by atoms with van der Waals surface area (Å²) in [6.45, 7) is 6.59. The number of amides is 1. The van der Waals surface area contributed by atoms with Crippen LogP contribution in [-0.2, 0) is 4.79 Å². The molecule has 1 atom stereocenters. The van der Waals surface area contributed by atoms with E-state index in [0.717, 1.165) is 10.8 Å². The maximum atomic E-state index is 14.3. The molecule has 234 valence electrons. The molecule has 3 aromatic carbocycles. The van der Waals surface area contributed by atoms with E-state index in [1.165, 1.54) is 23.5 Å². The van der Waals surface area contributed by atoms with Gasteiger partial charge in [0.05, 0.1) is 33.4 Å². The number of carbonyl (C=O) groups is 1. The van der Waals surface area contributed by atoms with E-state index in [2.05, 4.69) is 0 Å². The Morgan fingerprint density at radius 1 is 1.15 bits per heavy atom. The number of hydrogen-bond acceptors (Lipinski definition) is 8. The maximum absolute atomic E-state index is 14.3. The lowest BCUT2D eigenvalue weighted by Crippen LogP contribution is -2.43. The van der Waals surface area contributed by atoms with E-state index < -0.39 is 11.0 Å². The lowest BCUT2D eigenvalue weighted by atomic mass is 9.90. The third-order valence-corrected chi connectivity index (χ3v) is 9.27. The van der Waals surface area contributed by atoms with Gasteiger partial charge in [0.15, 0.2) is 4.80 Å². The minimum Gasteiger partial charge on any atom is -0.496 e. The number of thiazole rings is 1. The number of fused-ring (bicyclic) bond motifs is 2. The van der Waals surface area contributed by atoms with Crippen LogP contribution in [0.2, 0.25) is 5.02 Å². The molecule has 0 saturated heterocycles. The molecule has 2 aromatic heterocycles. The number of methoxy groups -OCH3 is 1. The molecule has 5 aromatic rings. The molecule has 10 nitrogen and oxygen atoms in total. The van der Waals surface area contributed by atoms with Crippen LogP contribution in [-0.4, -0.2) is 40.5 Å². The van der Waals surface area contributed by atoms with E-state index in [4.69, 9.17) is 25.7 Å². The van der Waals surface area contributed by atoms with Crippen LogP contribution in [0.3, 0.4) is 0 Å². The monoisotopic (exact) mass is 656 g/mol. The first-order valence-corrected chi connectivity index (χ1v) is 15.8. The first kappa shape index (κ1) is 31.0. The highest BCUT2D eigenvalue weighted by Crippen LogP contribution is 2.40. The Kier molecular flexibility index (Phi) is 8.37. The molecule has 0 unspecified atom stereocenters. The van der Waals surface area contributed by atoms with Crippen molar-refractivity contribution in [3.05, 3.63) is 124 Å². The minimum absolute atomic E-state index is 0.197. The number of nitrogens with zero attached hydrogens (tertiary/aromatic N) is 4. The predicted octanol–water partition coefficient (Wildman–Crippen LogP) is 6.09. The molecule has 0 fully saturated rings. The van der Waals surface area contributed by atoms with Crippen molar-refractivity contribution in [2.24, 2.45) is 4.99 Å². The van der Waals surface area contributed by atoms with Crippen LogP contribution in [0.1, 0.15) is 38.1 Å². The molecular formula is C34H29ClN4O6S. The molecule has 0 bridgehead atoms. The minimum atomic E-state index is -0.823. The zero-order valence-corrected chi connectivity index (χ0v) is 27.0. The average Bonchev–Trinajstić information content (AvgIpc) is 3.64. The summed E-state index contributed by atoms with van der Waals surface area (Å²) in [6.07, 6.45) is 1.58. The molecule has 0 radical (unpaired) electrons. The number of aromatic nitrogens is 1. The second-order valence-electron chi connectivity index (χ2n) is 10.6. The van der Waals surface area contributed by atoms with Crippen molar-refractivity contribution in [3.8, 4) is 17.1 Å². The molecule has 6 rings (SSSR count). The van der Waals surface area contributed by atoms with E-state index in [0.29, 0.717) is 50.8 Å². The van der Waals surface area contributed by atoms with E-state index in [1.54, 1.807) is 47.8 Å². The number of ether oxygens (including phenoxy) is 1. The Balaban J connectivity index is 1.57. The van der Waals surface area contributed by atoms with Gasteiger partial charge < -0.3 is 14.1 Å². The van der Waals surface area contributed by atoms with E-state index in [-0.39, 0.29) is 33.5 Å². The standard InChI is InChI=1S/C34H29ClN4O6S/c1-5-37(6-2)33(41)29-19(3)36-34-38(31(29)30-23-10-8-7-9-20(23)11-15-27(30)44-4)32(40)28(46-34)18-22-13-16-26(45-22)24-14-12-21(35)17-25(24)39(42)43/h7-18,31H,5-6H2,1-4H3/b28-18+/t31-/m1/s1. The highest BCUT2D eigenvalue weighted by atomic mass is 35.5. The van der Waals surface area contributed by atoms with Gasteiger partial charge in [0.2, 0.25) is 0 Å². The van der Waals surface area contributed by atoms with Crippen LogP contribution in [0.15, 0.2) is 92.2 Å². The number of nitro groups is 1. The molecule has 1 aliphatic rings. The summed E-state index contributed by atoms with van der Waals surface area (Å²) >= 11 is 7.16. The Labute approximate surface area is 272 Å². The third-order valence-electron chi connectivity index (χ3n) is 8.05. The fourth-order valence-corrected chi connectivity index (χ4v) is 7.05. The van der Waals surface area contributed by atoms with Gasteiger partial charge in [-0.05, 0) is 61.9 Å². The van der Waals surface area contributed by atoms with Crippen molar-refractivity contribution in [1.82, 2.24) is 9.47 Å². The molecule has 1 amide bonds. The lowest BCUT2D eigenvalue weighted by molar-refractivity contribution is -0.384. The quantitative estimate of drug-likeness (QED) is 0.147. The number of rotatable bonds is 8. The lowest BCUT2D eigenvalue weighted by Gasteiger charge is -2.30. The summed E-state index contributed by atoms with van der Waals surface area (Å²) in [5.41, 5.74) is 1.30. The van der Waals surface area contributed by atoms with Crippen LogP contribution in [0.5, 0.6) is 5.75 Å². The van der Waals surface area contributed by atoms with Crippen LogP contribution in [0.25, 0.3) is 28.2 Å². The molecule has 3 heterocycles. The Morgan fingerprint density at radius 2 is 1.91 bits per heavy atom. The van der Waals surface area contributed by atoms with Crippen LogP contribution >= 0.6 is 22.9 Å². The number of nitro benzene ring substituents is 1. The van der Waals surface area contributed by atoms with Crippen molar-refractivity contribution in [3.63, 3.8) is 0 Å². The predicted molar refractivity (Wildman–Crippen MR) is 178 cm³/mol. The molecule has 0 spiro atoms. The fourth-order valence-electron chi connectivity index (χ4n) is 5.85. The zero-order valence-electron chi connectivity index (χ0n) is 25.4. The van der Waals surface area contributed by atoms with Crippen molar-refractivity contribution in [2.75, 3.05) is 20.2 Å². The smallest absolute Gasteiger partial charge is 0.281 e. The Hall–Kier alpha value is -5.00. The second-order valence-corrected chi connectivity index (χ2v) is 12.0. The maximum Gasteiger partial charge on any atom is 0.281 e. The zero-order chi connectivity index (χ0) is 32.7.